The fraction of sp³-hybridized carbons (Fsp3) is 0.778. The summed E-state index contributed by atoms with van der Waals surface area (Å²) in [6, 6.07) is -0.934. The molecule has 2 N–H and O–H groups in total. The van der Waals surface area contributed by atoms with Crippen LogP contribution in [0.25, 0.3) is 0 Å². The van der Waals surface area contributed by atoms with Gasteiger partial charge in [0, 0.05) is 5.92 Å². The highest BCUT2D eigenvalue weighted by Gasteiger charge is 2.72. The number of rotatable bonds is 5. The van der Waals surface area contributed by atoms with Gasteiger partial charge in [0.15, 0.2) is 0 Å². The van der Waals surface area contributed by atoms with Gasteiger partial charge in [-0.25, -0.2) is 9.59 Å². The predicted molar refractivity (Wildman–Crippen MR) is 93.4 cm³/mol. The highest BCUT2D eigenvalue weighted by Crippen LogP contribution is 2.63. The lowest BCUT2D eigenvalue weighted by Gasteiger charge is -2.31. The van der Waals surface area contributed by atoms with E-state index in [-0.39, 0.29) is 11.8 Å². The highest BCUT2D eigenvalue weighted by atomic mass is 16.6. The molecule has 152 valence electrons. The Labute approximate surface area is 158 Å². The van der Waals surface area contributed by atoms with E-state index >= 15 is 0 Å². The number of carbonyl (C=O) groups is 4. The molecule has 27 heavy (non-hydrogen) atoms. The molecule has 0 heterocycles. The third-order valence-electron chi connectivity index (χ3n) is 5.11. The number of esters is 2. The minimum absolute atomic E-state index is 0.0222. The molecular formula is C18H28N2O7. The zero-order valence-electron chi connectivity index (χ0n) is 16.6. The van der Waals surface area contributed by atoms with E-state index in [4.69, 9.17) is 14.2 Å². The number of nitrogens with one attached hydrogen (secondary N) is 2. The van der Waals surface area contributed by atoms with Crippen LogP contribution in [0.4, 0.5) is 4.79 Å². The van der Waals surface area contributed by atoms with Gasteiger partial charge < -0.3 is 24.8 Å². The molecular weight excluding hydrogens is 356 g/mol. The van der Waals surface area contributed by atoms with Crippen molar-refractivity contribution in [3.05, 3.63) is 0 Å². The Kier molecular flexibility index (Phi) is 5.72. The Morgan fingerprint density at radius 3 is 2.26 bits per heavy atom. The normalized spacial score (nSPS) is 29.8. The first-order valence-electron chi connectivity index (χ1n) is 8.94. The van der Waals surface area contributed by atoms with Gasteiger partial charge in [-0.15, -0.1) is 0 Å². The van der Waals surface area contributed by atoms with Gasteiger partial charge in [0.1, 0.15) is 17.2 Å². The van der Waals surface area contributed by atoms with Crippen LogP contribution in [0.1, 0.15) is 40.5 Å². The number of hydrogen-bond acceptors (Lipinski definition) is 7. The molecule has 2 saturated carbocycles. The van der Waals surface area contributed by atoms with Crippen LogP contribution in [0, 0.1) is 17.8 Å². The van der Waals surface area contributed by atoms with Gasteiger partial charge in [-0.1, -0.05) is 0 Å². The Morgan fingerprint density at radius 2 is 1.74 bits per heavy atom. The molecule has 0 bridgehead atoms. The topological polar surface area (TPSA) is 120 Å². The minimum Gasteiger partial charge on any atom is -0.469 e. The number of amides is 2. The molecule has 2 rings (SSSR count). The molecule has 0 aromatic carbocycles. The molecule has 2 aliphatic rings. The van der Waals surface area contributed by atoms with Crippen LogP contribution in [0.5, 0.6) is 0 Å². The maximum atomic E-state index is 12.6. The van der Waals surface area contributed by atoms with Crippen molar-refractivity contribution in [2.24, 2.45) is 17.8 Å². The van der Waals surface area contributed by atoms with E-state index in [0.29, 0.717) is 12.8 Å². The summed E-state index contributed by atoms with van der Waals surface area (Å²) in [5.41, 5.74) is -1.99. The van der Waals surface area contributed by atoms with Crippen molar-refractivity contribution < 1.29 is 33.4 Å². The molecule has 0 spiro atoms. The molecule has 2 fully saturated rings. The SMILES string of the molecule is COC(=O)[C@H]1[C@@H]2CC[C@@](NC(=O)C(C)NC(=O)OC(C)(C)C)(C(=O)OC)[C@@H]21. The number of methoxy groups -OCH3 is 2. The van der Waals surface area contributed by atoms with Crippen molar-refractivity contribution in [3.63, 3.8) is 0 Å². The van der Waals surface area contributed by atoms with E-state index < -0.39 is 47.0 Å². The van der Waals surface area contributed by atoms with E-state index in [0.717, 1.165) is 0 Å². The van der Waals surface area contributed by atoms with Crippen LogP contribution in [0.2, 0.25) is 0 Å². The summed E-state index contributed by atoms with van der Waals surface area (Å²) >= 11 is 0. The second-order valence-corrected chi connectivity index (χ2v) is 8.10. The van der Waals surface area contributed by atoms with Gasteiger partial charge >= 0.3 is 18.0 Å². The third-order valence-corrected chi connectivity index (χ3v) is 5.11. The number of alkyl carbamates (subject to hydrolysis) is 1. The number of fused-ring (bicyclic) bond motifs is 1. The summed E-state index contributed by atoms with van der Waals surface area (Å²) in [6.07, 6.45) is 0.238. The summed E-state index contributed by atoms with van der Waals surface area (Å²) in [6.45, 7) is 6.62. The summed E-state index contributed by atoms with van der Waals surface area (Å²) in [7, 11) is 2.53. The molecule has 2 amide bonds. The van der Waals surface area contributed by atoms with Gasteiger partial charge in [-0.2, -0.15) is 0 Å². The summed E-state index contributed by atoms with van der Waals surface area (Å²) in [4.78, 5) is 48.9. The zero-order chi connectivity index (χ0) is 20.6. The Balaban J connectivity index is 2.09. The first-order chi connectivity index (χ1) is 12.5. The first kappa shape index (κ1) is 21.0. The minimum atomic E-state index is -1.29. The summed E-state index contributed by atoms with van der Waals surface area (Å²) in [5.74, 6) is -2.37. The fourth-order valence-corrected chi connectivity index (χ4v) is 3.92. The van der Waals surface area contributed by atoms with Crippen molar-refractivity contribution >= 4 is 23.9 Å². The van der Waals surface area contributed by atoms with Crippen LogP contribution in [0.3, 0.4) is 0 Å². The van der Waals surface area contributed by atoms with E-state index in [2.05, 4.69) is 10.6 Å². The molecule has 9 heteroatoms. The van der Waals surface area contributed by atoms with E-state index in [9.17, 15) is 19.2 Å². The lowest BCUT2D eigenvalue weighted by atomic mass is 9.89. The molecule has 0 aliphatic heterocycles. The Bertz CT molecular complexity index is 642. The average Bonchev–Trinajstić information content (AvgIpc) is 3.19. The summed E-state index contributed by atoms with van der Waals surface area (Å²) < 4.78 is 14.8. The van der Waals surface area contributed by atoms with Crippen molar-refractivity contribution in [3.8, 4) is 0 Å². The smallest absolute Gasteiger partial charge is 0.408 e. The van der Waals surface area contributed by atoms with Gasteiger partial charge in [0.2, 0.25) is 5.91 Å². The lowest BCUT2D eigenvalue weighted by molar-refractivity contribution is -0.153. The third kappa shape index (κ3) is 4.17. The molecule has 0 saturated heterocycles. The molecule has 2 aliphatic carbocycles. The molecule has 0 aromatic rings. The van der Waals surface area contributed by atoms with Crippen molar-refractivity contribution in [1.29, 1.82) is 0 Å². The van der Waals surface area contributed by atoms with Crippen molar-refractivity contribution in [2.45, 2.75) is 57.7 Å². The van der Waals surface area contributed by atoms with Gasteiger partial charge in [-0.3, -0.25) is 9.59 Å². The van der Waals surface area contributed by atoms with E-state index in [1.54, 1.807) is 20.8 Å². The second-order valence-electron chi connectivity index (χ2n) is 8.10. The zero-order valence-corrected chi connectivity index (χ0v) is 16.6. The predicted octanol–water partition coefficient (Wildman–Crippen LogP) is 0.757. The standard InChI is InChI=1S/C18H28N2O7/c1-9(19-16(24)27-17(2,3)4)13(21)20-18(15(23)26-6)8-7-10-11(12(10)18)14(22)25-5/h9-12H,7-8H2,1-6H3,(H,19,24)(H,20,21)/t9?,10-,11-,12-,18-/m0/s1. The fourth-order valence-electron chi connectivity index (χ4n) is 3.92. The Morgan fingerprint density at radius 1 is 1.11 bits per heavy atom. The van der Waals surface area contributed by atoms with Crippen LogP contribution < -0.4 is 10.6 Å². The van der Waals surface area contributed by atoms with E-state index in [1.165, 1.54) is 21.1 Å². The second kappa shape index (κ2) is 7.36. The quantitative estimate of drug-likeness (QED) is 0.530. The van der Waals surface area contributed by atoms with Crippen LogP contribution in [-0.4, -0.2) is 55.3 Å². The number of carbonyl (C=O) groups excluding carboxylic acids is 4. The monoisotopic (exact) mass is 384 g/mol. The van der Waals surface area contributed by atoms with Crippen LogP contribution >= 0.6 is 0 Å². The van der Waals surface area contributed by atoms with Gasteiger partial charge in [-0.05, 0) is 46.5 Å². The number of ether oxygens (including phenoxy) is 3. The molecule has 1 unspecified atom stereocenters. The maximum Gasteiger partial charge on any atom is 0.408 e. The molecule has 5 atom stereocenters. The number of hydrogen-bond donors (Lipinski definition) is 2. The largest absolute Gasteiger partial charge is 0.469 e. The molecule has 9 nitrogen and oxygen atoms in total. The van der Waals surface area contributed by atoms with Gasteiger partial charge in [0.05, 0.1) is 20.1 Å². The van der Waals surface area contributed by atoms with Gasteiger partial charge in [0.25, 0.3) is 0 Å². The average molecular weight is 384 g/mol. The van der Waals surface area contributed by atoms with Crippen LogP contribution in [-0.2, 0) is 28.6 Å². The maximum absolute atomic E-state index is 12.6. The molecule has 0 aromatic heterocycles. The Hall–Kier alpha value is -2.32. The lowest BCUT2D eigenvalue weighted by Crippen LogP contribution is -2.60. The summed E-state index contributed by atoms with van der Waals surface area (Å²) in [5, 5.41) is 5.16. The highest BCUT2D eigenvalue weighted by molar-refractivity contribution is 5.94. The molecule has 0 radical (unpaired) electrons. The van der Waals surface area contributed by atoms with Crippen molar-refractivity contribution in [1.82, 2.24) is 10.6 Å². The van der Waals surface area contributed by atoms with Crippen LogP contribution in [0.15, 0.2) is 0 Å². The van der Waals surface area contributed by atoms with Crippen molar-refractivity contribution in [2.75, 3.05) is 14.2 Å². The first-order valence-corrected chi connectivity index (χ1v) is 8.94. The van der Waals surface area contributed by atoms with E-state index in [1.807, 2.05) is 0 Å².